The van der Waals surface area contributed by atoms with Gasteiger partial charge in [0.25, 0.3) is 5.91 Å². The van der Waals surface area contributed by atoms with Gasteiger partial charge in [-0.15, -0.1) is 0 Å². The summed E-state index contributed by atoms with van der Waals surface area (Å²) in [6.45, 7) is 3.87. The lowest BCUT2D eigenvalue weighted by atomic mass is 9.98. The van der Waals surface area contributed by atoms with Crippen LogP contribution in [-0.2, 0) is 19.6 Å². The van der Waals surface area contributed by atoms with Crippen LogP contribution in [-0.4, -0.2) is 43.7 Å². The van der Waals surface area contributed by atoms with E-state index >= 15 is 0 Å². The van der Waals surface area contributed by atoms with E-state index in [4.69, 9.17) is 16.3 Å². The summed E-state index contributed by atoms with van der Waals surface area (Å²) in [5.41, 5.74) is 1.80. The third kappa shape index (κ3) is 4.46. The summed E-state index contributed by atoms with van der Waals surface area (Å²) in [7, 11) is -3.86. The molecule has 2 heterocycles. The molecular weight excluding hydrogens is 454 g/mol. The number of nitrogens with one attached hydrogen (secondary N) is 2. The first kappa shape index (κ1) is 22.6. The number of rotatable bonds is 4. The molecule has 2 aromatic carbocycles. The Kier molecular flexibility index (Phi) is 6.15. The average Bonchev–Trinajstić information content (AvgIpc) is 2.76. The number of carbonyl (C=O) groups excluding carboxylic acids is 2. The Morgan fingerprint density at radius 2 is 2.03 bits per heavy atom. The van der Waals surface area contributed by atoms with Crippen LogP contribution < -0.4 is 15.4 Å². The van der Waals surface area contributed by atoms with Gasteiger partial charge in [0.05, 0.1) is 16.5 Å². The molecule has 0 spiro atoms. The summed E-state index contributed by atoms with van der Waals surface area (Å²) in [5.74, 6) is -0.643. The minimum atomic E-state index is -3.86. The van der Waals surface area contributed by atoms with Crippen molar-refractivity contribution in [3.63, 3.8) is 0 Å². The van der Waals surface area contributed by atoms with Gasteiger partial charge in [0.1, 0.15) is 5.75 Å². The smallest absolute Gasteiger partial charge is 0.265 e. The van der Waals surface area contributed by atoms with Gasteiger partial charge in [-0.2, -0.15) is 4.31 Å². The molecule has 2 N–H and O–H groups in total. The van der Waals surface area contributed by atoms with Crippen LogP contribution in [0.5, 0.6) is 5.75 Å². The number of sulfonamides is 1. The summed E-state index contributed by atoms with van der Waals surface area (Å²) in [4.78, 5) is 24.8. The minimum Gasteiger partial charge on any atom is -0.479 e. The highest BCUT2D eigenvalue weighted by molar-refractivity contribution is 7.89. The number of hydrogen-bond acceptors (Lipinski definition) is 5. The third-order valence-corrected chi connectivity index (χ3v) is 7.83. The van der Waals surface area contributed by atoms with Gasteiger partial charge in [-0.1, -0.05) is 17.7 Å². The fraction of sp³-hybridized carbons (Fsp3) is 0.364. The molecule has 1 saturated heterocycles. The van der Waals surface area contributed by atoms with Crippen LogP contribution in [0.15, 0.2) is 41.3 Å². The van der Waals surface area contributed by atoms with Crippen molar-refractivity contribution >= 4 is 44.8 Å². The number of nitrogens with zero attached hydrogens (tertiary/aromatic N) is 1. The summed E-state index contributed by atoms with van der Waals surface area (Å²) in [6, 6.07) is 9.62. The third-order valence-electron chi connectivity index (χ3n) is 5.73. The summed E-state index contributed by atoms with van der Waals surface area (Å²) < 4.78 is 33.4. The molecule has 1 fully saturated rings. The molecule has 0 aromatic heterocycles. The van der Waals surface area contributed by atoms with Crippen molar-refractivity contribution in [2.24, 2.45) is 5.92 Å². The van der Waals surface area contributed by atoms with E-state index in [1.807, 2.05) is 13.0 Å². The molecule has 2 amide bonds. The molecule has 10 heteroatoms. The fourth-order valence-electron chi connectivity index (χ4n) is 3.84. The minimum absolute atomic E-state index is 0.0430. The molecule has 2 aliphatic heterocycles. The number of benzene rings is 2. The van der Waals surface area contributed by atoms with Gasteiger partial charge in [-0.3, -0.25) is 9.59 Å². The molecule has 2 aliphatic rings. The number of amides is 2. The molecule has 0 saturated carbocycles. The van der Waals surface area contributed by atoms with Crippen LogP contribution in [0.3, 0.4) is 0 Å². The highest BCUT2D eigenvalue weighted by Crippen LogP contribution is 2.34. The van der Waals surface area contributed by atoms with Crippen molar-refractivity contribution in [1.29, 1.82) is 0 Å². The maximum atomic E-state index is 13.3. The van der Waals surface area contributed by atoms with Gasteiger partial charge in [0.15, 0.2) is 6.10 Å². The Bertz CT molecular complexity index is 1180. The number of ether oxygens (including phenoxy) is 1. The van der Waals surface area contributed by atoms with E-state index in [-0.39, 0.29) is 23.3 Å². The lowest BCUT2D eigenvalue weighted by Gasteiger charge is -2.31. The number of carbonyl (C=O) groups is 2. The van der Waals surface area contributed by atoms with Crippen LogP contribution in [0.2, 0.25) is 5.02 Å². The Hall–Kier alpha value is -2.62. The van der Waals surface area contributed by atoms with Gasteiger partial charge in [0, 0.05) is 23.8 Å². The second-order valence-corrected chi connectivity index (χ2v) is 10.4. The van der Waals surface area contributed by atoms with Crippen LogP contribution in [0, 0.1) is 12.8 Å². The Balaban J connectivity index is 1.51. The first-order valence-corrected chi connectivity index (χ1v) is 12.2. The maximum absolute atomic E-state index is 13.3. The standard InChI is InChI=1S/C22H24ClN3O5S/c1-13-5-6-16(23)10-18(13)24-22(28)15-4-3-9-26(12-15)32(29,30)17-7-8-20-19(11-17)25-21(27)14(2)31-20/h5-8,10-11,14-15H,3-4,9,12H2,1-2H3,(H,24,28)(H,25,27)/t14-,15-/m0/s1. The Morgan fingerprint density at radius 3 is 2.81 bits per heavy atom. The van der Waals surface area contributed by atoms with Crippen LogP contribution in [0.1, 0.15) is 25.3 Å². The van der Waals surface area contributed by atoms with Crippen molar-refractivity contribution in [1.82, 2.24) is 4.31 Å². The van der Waals surface area contributed by atoms with Crippen molar-refractivity contribution in [2.75, 3.05) is 23.7 Å². The van der Waals surface area contributed by atoms with Crippen molar-refractivity contribution in [3.05, 3.63) is 47.0 Å². The predicted octanol–water partition coefficient (Wildman–Crippen LogP) is 3.41. The predicted molar refractivity (Wildman–Crippen MR) is 121 cm³/mol. The molecule has 0 aliphatic carbocycles. The first-order chi connectivity index (χ1) is 15.1. The van der Waals surface area contributed by atoms with E-state index < -0.39 is 22.0 Å². The zero-order valence-electron chi connectivity index (χ0n) is 17.7. The molecule has 2 aromatic rings. The Labute approximate surface area is 191 Å². The van der Waals surface area contributed by atoms with E-state index in [0.29, 0.717) is 41.5 Å². The molecule has 2 atom stereocenters. The lowest BCUT2D eigenvalue weighted by Crippen LogP contribution is -2.43. The second-order valence-electron chi connectivity index (χ2n) is 8.06. The number of hydrogen-bond donors (Lipinski definition) is 2. The number of piperidine rings is 1. The summed E-state index contributed by atoms with van der Waals surface area (Å²) in [5, 5.41) is 6.05. The van der Waals surface area contributed by atoms with Gasteiger partial charge in [-0.05, 0) is 62.6 Å². The largest absolute Gasteiger partial charge is 0.479 e. The van der Waals surface area contributed by atoms with Gasteiger partial charge in [0.2, 0.25) is 15.9 Å². The van der Waals surface area contributed by atoms with Crippen molar-refractivity contribution in [3.8, 4) is 5.75 Å². The quantitative estimate of drug-likeness (QED) is 0.702. The molecule has 0 unspecified atom stereocenters. The zero-order chi connectivity index (χ0) is 23.0. The second kappa shape index (κ2) is 8.73. The van der Waals surface area contributed by atoms with Crippen LogP contribution in [0.4, 0.5) is 11.4 Å². The molecule has 4 rings (SSSR count). The number of fused-ring (bicyclic) bond motifs is 1. The maximum Gasteiger partial charge on any atom is 0.265 e. The molecule has 170 valence electrons. The molecule has 0 bridgehead atoms. The average molecular weight is 478 g/mol. The highest BCUT2D eigenvalue weighted by Gasteiger charge is 2.34. The zero-order valence-corrected chi connectivity index (χ0v) is 19.3. The molecule has 8 nitrogen and oxygen atoms in total. The van der Waals surface area contributed by atoms with Crippen LogP contribution >= 0.6 is 11.6 Å². The van der Waals surface area contributed by atoms with Crippen molar-refractivity contribution in [2.45, 2.75) is 37.7 Å². The SMILES string of the molecule is Cc1ccc(Cl)cc1NC(=O)[C@H]1CCCN(S(=O)(=O)c2ccc3c(c2)NC(=O)[C@H](C)O3)C1. The molecule has 0 radical (unpaired) electrons. The van der Waals surface area contributed by atoms with Gasteiger partial charge >= 0.3 is 0 Å². The first-order valence-electron chi connectivity index (χ1n) is 10.3. The summed E-state index contributed by atoms with van der Waals surface area (Å²) >= 11 is 6.03. The number of halogens is 1. The molecule has 32 heavy (non-hydrogen) atoms. The number of anilines is 2. The fourth-order valence-corrected chi connectivity index (χ4v) is 5.56. The summed E-state index contributed by atoms with van der Waals surface area (Å²) in [6.07, 6.45) is 0.506. The monoisotopic (exact) mass is 477 g/mol. The van der Waals surface area contributed by atoms with E-state index in [1.165, 1.54) is 22.5 Å². The van der Waals surface area contributed by atoms with E-state index in [2.05, 4.69) is 10.6 Å². The van der Waals surface area contributed by atoms with E-state index in [1.54, 1.807) is 19.1 Å². The highest BCUT2D eigenvalue weighted by atomic mass is 35.5. The van der Waals surface area contributed by atoms with Crippen LogP contribution in [0.25, 0.3) is 0 Å². The topological polar surface area (TPSA) is 105 Å². The van der Waals surface area contributed by atoms with E-state index in [9.17, 15) is 18.0 Å². The van der Waals surface area contributed by atoms with Gasteiger partial charge in [-0.25, -0.2) is 8.42 Å². The van der Waals surface area contributed by atoms with Gasteiger partial charge < -0.3 is 15.4 Å². The molecular formula is C22H24ClN3O5S. The normalized spacial score (nSPS) is 21.3. The number of aryl methyl sites for hydroxylation is 1. The van der Waals surface area contributed by atoms with E-state index in [0.717, 1.165) is 5.56 Å². The van der Waals surface area contributed by atoms with Crippen molar-refractivity contribution < 1.29 is 22.7 Å². The lowest BCUT2D eigenvalue weighted by molar-refractivity contribution is -0.123. The Morgan fingerprint density at radius 1 is 1.25 bits per heavy atom.